The number of hydrogen-bond acceptors (Lipinski definition) is 7. The zero-order valence-corrected chi connectivity index (χ0v) is 21.9. The largest absolute Gasteiger partial charge is 0.505 e. The number of aromatic hydroxyl groups is 1. The molecule has 0 radical (unpaired) electrons. The SMILES string of the molecule is CCOc1cc2c(cc1C(=O)NC)C(=N)N(CC(=O)c1cc(N(C)CCO)c(O)c(C(C)(C)C)c1)C2. The Morgan fingerprint density at radius 1 is 1.22 bits per heavy atom. The molecular formula is C27H36N4O5. The highest BCUT2D eigenvalue weighted by molar-refractivity contribution is 6.08. The molecule has 36 heavy (non-hydrogen) atoms. The number of ketones is 1. The molecule has 0 unspecified atom stereocenters. The maximum absolute atomic E-state index is 13.4. The van der Waals surface area contributed by atoms with Gasteiger partial charge in [0.15, 0.2) is 5.78 Å². The first kappa shape index (κ1) is 27.0. The van der Waals surface area contributed by atoms with Crippen molar-refractivity contribution in [3.8, 4) is 11.5 Å². The minimum Gasteiger partial charge on any atom is -0.505 e. The highest BCUT2D eigenvalue weighted by Crippen LogP contribution is 2.39. The molecule has 0 bridgehead atoms. The molecule has 2 aromatic rings. The van der Waals surface area contributed by atoms with E-state index in [0.29, 0.717) is 53.4 Å². The van der Waals surface area contributed by atoms with Crippen LogP contribution in [0, 0.1) is 5.41 Å². The summed E-state index contributed by atoms with van der Waals surface area (Å²) in [5.74, 6) is 0.192. The molecular weight excluding hydrogens is 460 g/mol. The van der Waals surface area contributed by atoms with Crippen LogP contribution in [-0.2, 0) is 12.0 Å². The van der Waals surface area contributed by atoms with Crippen LogP contribution in [0.5, 0.6) is 11.5 Å². The Balaban J connectivity index is 1.94. The number of likely N-dealkylation sites (N-methyl/N-ethyl adjacent to an activating group) is 1. The highest BCUT2D eigenvalue weighted by Gasteiger charge is 2.30. The Hall–Kier alpha value is -3.59. The van der Waals surface area contributed by atoms with Crippen LogP contribution in [-0.4, -0.2) is 73.0 Å². The lowest BCUT2D eigenvalue weighted by Crippen LogP contribution is -2.31. The van der Waals surface area contributed by atoms with Crippen LogP contribution in [0.4, 0.5) is 5.69 Å². The van der Waals surface area contributed by atoms with Crippen molar-refractivity contribution in [2.75, 3.05) is 45.3 Å². The summed E-state index contributed by atoms with van der Waals surface area (Å²) in [7, 11) is 3.29. The Labute approximate surface area is 212 Å². The van der Waals surface area contributed by atoms with Gasteiger partial charge in [0.25, 0.3) is 5.91 Å². The summed E-state index contributed by atoms with van der Waals surface area (Å²) in [5.41, 5.74) is 2.85. The Morgan fingerprint density at radius 2 is 1.92 bits per heavy atom. The number of Topliss-reactive ketones (excluding diaryl/α,β-unsaturated/α-hetero) is 1. The summed E-state index contributed by atoms with van der Waals surface area (Å²) in [5, 5.41) is 31.6. The van der Waals surface area contributed by atoms with Gasteiger partial charge in [-0.3, -0.25) is 15.0 Å². The molecule has 0 spiro atoms. The molecule has 1 aliphatic heterocycles. The topological polar surface area (TPSA) is 126 Å². The fraction of sp³-hybridized carbons (Fsp3) is 0.444. The summed E-state index contributed by atoms with van der Waals surface area (Å²) in [6, 6.07) is 6.75. The van der Waals surface area contributed by atoms with Gasteiger partial charge in [-0.1, -0.05) is 20.8 Å². The number of phenols is 1. The van der Waals surface area contributed by atoms with Crippen LogP contribution >= 0.6 is 0 Å². The number of phenolic OH excluding ortho intramolecular Hbond substituents is 1. The zero-order chi connectivity index (χ0) is 26.8. The minimum absolute atomic E-state index is 0.0374. The number of benzene rings is 2. The van der Waals surface area contributed by atoms with Gasteiger partial charge in [0.05, 0.1) is 31.0 Å². The lowest BCUT2D eigenvalue weighted by molar-refractivity contribution is 0.0953. The maximum atomic E-state index is 13.4. The van der Waals surface area contributed by atoms with Gasteiger partial charge in [-0.05, 0) is 42.2 Å². The van der Waals surface area contributed by atoms with Crippen molar-refractivity contribution >= 4 is 23.2 Å². The molecule has 1 heterocycles. The van der Waals surface area contributed by atoms with Crippen LogP contribution < -0.4 is 15.0 Å². The van der Waals surface area contributed by atoms with Gasteiger partial charge in [-0.15, -0.1) is 0 Å². The number of nitrogens with one attached hydrogen (secondary N) is 2. The van der Waals surface area contributed by atoms with Crippen molar-refractivity contribution in [3.63, 3.8) is 0 Å². The highest BCUT2D eigenvalue weighted by atomic mass is 16.5. The lowest BCUT2D eigenvalue weighted by Gasteiger charge is -2.27. The number of anilines is 1. The molecule has 9 nitrogen and oxygen atoms in total. The molecule has 1 aliphatic rings. The van der Waals surface area contributed by atoms with Gasteiger partial charge < -0.3 is 30.1 Å². The average molecular weight is 497 g/mol. The van der Waals surface area contributed by atoms with E-state index in [-0.39, 0.29) is 36.4 Å². The minimum atomic E-state index is -0.419. The van der Waals surface area contributed by atoms with E-state index in [0.717, 1.165) is 5.56 Å². The van der Waals surface area contributed by atoms with E-state index < -0.39 is 5.41 Å². The molecule has 1 amide bonds. The van der Waals surface area contributed by atoms with Gasteiger partial charge in [-0.25, -0.2) is 0 Å². The number of rotatable bonds is 9. The van der Waals surface area contributed by atoms with Gasteiger partial charge in [0, 0.05) is 43.9 Å². The molecule has 0 fully saturated rings. The predicted octanol–water partition coefficient (Wildman–Crippen LogP) is 2.90. The molecule has 9 heteroatoms. The fourth-order valence-corrected chi connectivity index (χ4v) is 4.33. The van der Waals surface area contributed by atoms with Gasteiger partial charge in [0.1, 0.15) is 17.3 Å². The van der Waals surface area contributed by atoms with Crippen LogP contribution in [0.2, 0.25) is 0 Å². The smallest absolute Gasteiger partial charge is 0.254 e. The summed E-state index contributed by atoms with van der Waals surface area (Å²) >= 11 is 0. The molecule has 3 rings (SSSR count). The number of nitrogens with zero attached hydrogens (tertiary/aromatic N) is 2. The number of hydrogen-bond donors (Lipinski definition) is 4. The first-order valence-corrected chi connectivity index (χ1v) is 12.0. The lowest BCUT2D eigenvalue weighted by atomic mass is 9.84. The second-order valence-electron chi connectivity index (χ2n) is 9.93. The van der Waals surface area contributed by atoms with E-state index in [1.54, 1.807) is 41.1 Å². The van der Waals surface area contributed by atoms with Crippen molar-refractivity contribution in [2.45, 2.75) is 39.7 Å². The van der Waals surface area contributed by atoms with Gasteiger partial charge in [-0.2, -0.15) is 0 Å². The van der Waals surface area contributed by atoms with Crippen LogP contribution in [0.15, 0.2) is 24.3 Å². The van der Waals surface area contributed by atoms with E-state index in [1.165, 1.54) is 7.05 Å². The Morgan fingerprint density at radius 3 is 2.50 bits per heavy atom. The normalized spacial score (nSPS) is 13.0. The summed E-state index contributed by atoms with van der Waals surface area (Å²) in [6.07, 6.45) is 0. The number of amides is 1. The van der Waals surface area contributed by atoms with Crippen LogP contribution in [0.1, 0.15) is 65.1 Å². The Bertz CT molecular complexity index is 1190. The van der Waals surface area contributed by atoms with Crippen LogP contribution in [0.3, 0.4) is 0 Å². The van der Waals surface area contributed by atoms with E-state index in [9.17, 15) is 19.8 Å². The van der Waals surface area contributed by atoms with Gasteiger partial charge in [0.2, 0.25) is 0 Å². The number of carbonyl (C=O) groups is 2. The van der Waals surface area contributed by atoms with E-state index in [1.807, 2.05) is 27.7 Å². The van der Waals surface area contributed by atoms with E-state index in [2.05, 4.69) is 5.32 Å². The molecule has 0 atom stereocenters. The molecule has 0 aliphatic carbocycles. The van der Waals surface area contributed by atoms with Crippen molar-refractivity contribution in [1.29, 1.82) is 5.41 Å². The quantitative estimate of drug-likeness (QED) is 0.393. The average Bonchev–Trinajstić information content (AvgIpc) is 3.11. The van der Waals surface area contributed by atoms with Crippen LogP contribution in [0.25, 0.3) is 0 Å². The zero-order valence-electron chi connectivity index (χ0n) is 21.9. The molecule has 0 saturated heterocycles. The van der Waals surface area contributed by atoms with E-state index in [4.69, 9.17) is 10.1 Å². The molecule has 2 aromatic carbocycles. The standard InChI is InChI=1S/C27H36N4O5/c1-7-36-23-12-17-14-31(25(28)18(17)13-19(23)26(35)29-5)15-22(33)16-10-20(27(2,3)4)24(34)21(11-16)30(6)8-9-32/h10-13,28,32,34H,7-9,14-15H2,1-6H3,(H,29,35). The fourth-order valence-electron chi connectivity index (χ4n) is 4.33. The summed E-state index contributed by atoms with van der Waals surface area (Å²) in [4.78, 5) is 29.2. The second-order valence-corrected chi connectivity index (χ2v) is 9.93. The van der Waals surface area contributed by atoms with Crippen molar-refractivity contribution in [1.82, 2.24) is 10.2 Å². The third-order valence-corrected chi connectivity index (χ3v) is 6.31. The first-order chi connectivity index (χ1) is 16.9. The monoisotopic (exact) mass is 496 g/mol. The number of aliphatic hydroxyl groups excluding tert-OH is 1. The second kappa shape index (κ2) is 10.6. The number of amidine groups is 1. The molecule has 0 saturated carbocycles. The van der Waals surface area contributed by atoms with Gasteiger partial charge >= 0.3 is 0 Å². The Kier molecular flexibility index (Phi) is 7.93. The predicted molar refractivity (Wildman–Crippen MR) is 140 cm³/mol. The number of carbonyl (C=O) groups excluding carboxylic acids is 2. The molecule has 0 aromatic heterocycles. The van der Waals surface area contributed by atoms with Crippen molar-refractivity contribution in [2.24, 2.45) is 0 Å². The number of aliphatic hydroxyl groups is 1. The third-order valence-electron chi connectivity index (χ3n) is 6.31. The molecule has 4 N–H and O–H groups in total. The maximum Gasteiger partial charge on any atom is 0.254 e. The summed E-state index contributed by atoms with van der Waals surface area (Å²) in [6.45, 7) is 8.62. The van der Waals surface area contributed by atoms with Crippen molar-refractivity contribution < 1.29 is 24.5 Å². The first-order valence-electron chi connectivity index (χ1n) is 12.0. The number of ether oxygens (including phenoxy) is 1. The summed E-state index contributed by atoms with van der Waals surface area (Å²) < 4.78 is 5.65. The molecule has 194 valence electrons. The third kappa shape index (κ3) is 5.31. The van der Waals surface area contributed by atoms with Crippen molar-refractivity contribution in [3.05, 3.63) is 52.1 Å². The number of fused-ring (bicyclic) bond motifs is 1. The van der Waals surface area contributed by atoms with E-state index >= 15 is 0 Å².